The third-order valence-electron chi connectivity index (χ3n) is 4.81. The van der Waals surface area contributed by atoms with Crippen LogP contribution in [0.1, 0.15) is 36.4 Å². The van der Waals surface area contributed by atoms with E-state index in [-0.39, 0.29) is 0 Å². The van der Waals surface area contributed by atoms with Crippen molar-refractivity contribution in [1.29, 1.82) is 0 Å². The van der Waals surface area contributed by atoms with E-state index in [1.54, 1.807) is 6.26 Å². The highest BCUT2D eigenvalue weighted by Gasteiger charge is 2.19. The number of aliphatic hydroxyl groups excluding tert-OH is 1. The summed E-state index contributed by atoms with van der Waals surface area (Å²) in [6.45, 7) is 6.89. The summed E-state index contributed by atoms with van der Waals surface area (Å²) in [6.07, 6.45) is 9.32. The van der Waals surface area contributed by atoms with Crippen molar-refractivity contribution in [3.8, 4) is 0 Å². The first kappa shape index (κ1) is 18.0. The third-order valence-corrected chi connectivity index (χ3v) is 4.81. The molecule has 0 bridgehead atoms. The lowest BCUT2D eigenvalue weighted by molar-refractivity contribution is 0.0779. The van der Waals surface area contributed by atoms with Gasteiger partial charge in [-0.05, 0) is 57.2 Å². The zero-order chi connectivity index (χ0) is 17.6. The van der Waals surface area contributed by atoms with Gasteiger partial charge in [0.1, 0.15) is 5.76 Å². The normalized spacial score (nSPS) is 18.8. The topological polar surface area (TPSA) is 54.4 Å². The molecule has 1 aliphatic carbocycles. The third kappa shape index (κ3) is 5.31. The molecule has 1 N–H and O–H groups in total. The van der Waals surface area contributed by atoms with E-state index in [1.165, 1.54) is 6.42 Å². The minimum absolute atomic E-state index is 0.452. The molecule has 25 heavy (non-hydrogen) atoms. The van der Waals surface area contributed by atoms with Gasteiger partial charge in [-0.15, -0.1) is 0 Å². The molecule has 0 aromatic carbocycles. The van der Waals surface area contributed by atoms with E-state index in [0.29, 0.717) is 19.0 Å². The second kappa shape index (κ2) is 8.50. The van der Waals surface area contributed by atoms with Gasteiger partial charge < -0.3 is 9.52 Å². The van der Waals surface area contributed by atoms with Crippen molar-refractivity contribution in [2.45, 2.75) is 52.3 Å². The Morgan fingerprint density at radius 3 is 2.92 bits per heavy atom. The fraction of sp³-hybridized carbons (Fsp3) is 0.550. The Bertz CT molecular complexity index is 675. The number of aryl methyl sites for hydroxylation is 2. The van der Waals surface area contributed by atoms with Gasteiger partial charge in [0.05, 0.1) is 31.2 Å². The molecule has 0 saturated heterocycles. The average molecular weight is 343 g/mol. The van der Waals surface area contributed by atoms with Crippen LogP contribution in [0.3, 0.4) is 0 Å². The van der Waals surface area contributed by atoms with Crippen molar-refractivity contribution in [2.75, 3.05) is 13.1 Å². The molecule has 136 valence electrons. The second-order valence-corrected chi connectivity index (χ2v) is 7.19. The molecule has 2 atom stereocenters. The molecule has 2 heterocycles. The van der Waals surface area contributed by atoms with Gasteiger partial charge in [0.15, 0.2) is 0 Å². The van der Waals surface area contributed by atoms with Gasteiger partial charge in [0.25, 0.3) is 0 Å². The van der Waals surface area contributed by atoms with Crippen LogP contribution in [0.5, 0.6) is 0 Å². The Balaban J connectivity index is 1.61. The highest BCUT2D eigenvalue weighted by atomic mass is 16.3. The van der Waals surface area contributed by atoms with Crippen molar-refractivity contribution in [3.05, 3.63) is 53.8 Å². The molecule has 2 aromatic heterocycles. The summed E-state index contributed by atoms with van der Waals surface area (Å²) in [4.78, 5) is 2.32. The summed E-state index contributed by atoms with van der Waals surface area (Å²) >= 11 is 0. The SMILES string of the molecule is Cc1cc(C)n(CC(O)CN(Cc2ccco2)CC2CC=CCC2)n1. The smallest absolute Gasteiger partial charge is 0.117 e. The highest BCUT2D eigenvalue weighted by Crippen LogP contribution is 2.20. The standard InChI is InChI=1S/C20H29N3O2/c1-16-11-17(2)23(21-16)14-19(24)13-22(15-20-9-6-10-25-20)12-18-7-4-3-5-8-18/h3-4,6,9-11,18-19,24H,5,7-8,12-15H2,1-2H3. The second-order valence-electron chi connectivity index (χ2n) is 7.19. The molecule has 0 radical (unpaired) electrons. The Labute approximate surface area is 149 Å². The summed E-state index contributed by atoms with van der Waals surface area (Å²) in [5.74, 6) is 1.60. The molecule has 3 rings (SSSR count). The van der Waals surface area contributed by atoms with Crippen LogP contribution in [0.2, 0.25) is 0 Å². The van der Waals surface area contributed by atoms with Gasteiger partial charge in [0.2, 0.25) is 0 Å². The minimum Gasteiger partial charge on any atom is -0.468 e. The Kier molecular flexibility index (Phi) is 6.10. The zero-order valence-electron chi connectivity index (χ0n) is 15.3. The van der Waals surface area contributed by atoms with Gasteiger partial charge in [-0.3, -0.25) is 9.58 Å². The fourth-order valence-corrected chi connectivity index (χ4v) is 3.63. The number of hydrogen-bond acceptors (Lipinski definition) is 4. The zero-order valence-corrected chi connectivity index (χ0v) is 15.3. The van der Waals surface area contributed by atoms with Gasteiger partial charge in [-0.2, -0.15) is 5.10 Å². The molecule has 2 aromatic rings. The maximum atomic E-state index is 10.6. The highest BCUT2D eigenvalue weighted by molar-refractivity contribution is 5.06. The first-order valence-corrected chi connectivity index (χ1v) is 9.19. The van der Waals surface area contributed by atoms with Crippen molar-refractivity contribution >= 4 is 0 Å². The number of aliphatic hydroxyl groups is 1. The van der Waals surface area contributed by atoms with E-state index in [9.17, 15) is 5.11 Å². The van der Waals surface area contributed by atoms with Crippen molar-refractivity contribution in [3.63, 3.8) is 0 Å². The summed E-state index contributed by atoms with van der Waals surface area (Å²) in [7, 11) is 0. The first-order valence-electron chi connectivity index (χ1n) is 9.19. The summed E-state index contributed by atoms with van der Waals surface area (Å²) in [5.41, 5.74) is 2.08. The molecule has 2 unspecified atom stereocenters. The van der Waals surface area contributed by atoms with Crippen LogP contribution >= 0.6 is 0 Å². The molecule has 1 aliphatic rings. The largest absolute Gasteiger partial charge is 0.468 e. The molecule has 0 spiro atoms. The maximum absolute atomic E-state index is 10.6. The number of allylic oxidation sites excluding steroid dienone is 2. The van der Waals surface area contributed by atoms with E-state index in [1.807, 2.05) is 36.7 Å². The van der Waals surface area contributed by atoms with E-state index in [4.69, 9.17) is 4.42 Å². The first-order chi connectivity index (χ1) is 12.1. The quantitative estimate of drug-likeness (QED) is 0.747. The lowest BCUT2D eigenvalue weighted by Gasteiger charge is -2.29. The van der Waals surface area contributed by atoms with Crippen LogP contribution in [0.15, 0.2) is 41.0 Å². The molecule has 0 amide bonds. The Hall–Kier alpha value is -1.85. The number of nitrogens with zero attached hydrogens (tertiary/aromatic N) is 3. The lowest BCUT2D eigenvalue weighted by Crippen LogP contribution is -2.38. The van der Waals surface area contributed by atoms with Gasteiger partial charge in [0, 0.05) is 18.8 Å². The number of aromatic nitrogens is 2. The molecular formula is C20H29N3O2. The minimum atomic E-state index is -0.452. The van der Waals surface area contributed by atoms with Crippen molar-refractivity contribution in [2.24, 2.45) is 5.92 Å². The van der Waals surface area contributed by atoms with Crippen LogP contribution in [0.25, 0.3) is 0 Å². The van der Waals surface area contributed by atoms with Crippen LogP contribution in [-0.2, 0) is 13.1 Å². The van der Waals surface area contributed by atoms with Crippen molar-refractivity contribution in [1.82, 2.24) is 14.7 Å². The van der Waals surface area contributed by atoms with Crippen molar-refractivity contribution < 1.29 is 9.52 Å². The maximum Gasteiger partial charge on any atom is 0.117 e. The molecule has 0 aliphatic heterocycles. The van der Waals surface area contributed by atoms with Crippen LogP contribution in [0.4, 0.5) is 0 Å². The van der Waals surface area contributed by atoms with E-state index in [0.717, 1.165) is 43.1 Å². The number of rotatable bonds is 8. The van der Waals surface area contributed by atoms with E-state index in [2.05, 4.69) is 22.2 Å². The summed E-state index contributed by atoms with van der Waals surface area (Å²) < 4.78 is 7.42. The predicted octanol–water partition coefficient (Wildman–Crippen LogP) is 3.31. The molecule has 0 saturated carbocycles. The molecule has 0 fully saturated rings. The summed E-state index contributed by atoms with van der Waals surface area (Å²) in [5, 5.41) is 15.1. The van der Waals surface area contributed by atoms with Gasteiger partial charge in [-0.25, -0.2) is 0 Å². The van der Waals surface area contributed by atoms with Gasteiger partial charge in [-0.1, -0.05) is 12.2 Å². The fourth-order valence-electron chi connectivity index (χ4n) is 3.63. The number of hydrogen-bond donors (Lipinski definition) is 1. The molecular weight excluding hydrogens is 314 g/mol. The van der Waals surface area contributed by atoms with Crippen LogP contribution < -0.4 is 0 Å². The van der Waals surface area contributed by atoms with Crippen LogP contribution in [-0.4, -0.2) is 39.0 Å². The monoisotopic (exact) mass is 343 g/mol. The van der Waals surface area contributed by atoms with E-state index < -0.39 is 6.10 Å². The average Bonchev–Trinajstić information content (AvgIpc) is 3.18. The lowest BCUT2D eigenvalue weighted by atomic mass is 9.94. The van der Waals surface area contributed by atoms with E-state index >= 15 is 0 Å². The van der Waals surface area contributed by atoms with Crippen LogP contribution in [0, 0.1) is 19.8 Å². The number of furan rings is 1. The predicted molar refractivity (Wildman–Crippen MR) is 98.2 cm³/mol. The Morgan fingerprint density at radius 1 is 1.40 bits per heavy atom. The Morgan fingerprint density at radius 2 is 2.28 bits per heavy atom. The molecule has 5 nitrogen and oxygen atoms in total. The van der Waals surface area contributed by atoms with Gasteiger partial charge >= 0.3 is 0 Å². The summed E-state index contributed by atoms with van der Waals surface area (Å²) in [6, 6.07) is 5.96. The molecule has 5 heteroatoms.